The van der Waals surface area contributed by atoms with Gasteiger partial charge in [-0.1, -0.05) is 23.7 Å². The molecule has 0 atom stereocenters. The zero-order valence-corrected chi connectivity index (χ0v) is 11.3. The molecular formula is C13H13ClFN3O. The first-order valence-electron chi connectivity index (χ1n) is 5.69. The van der Waals surface area contributed by atoms with E-state index in [2.05, 4.69) is 10.4 Å². The van der Waals surface area contributed by atoms with E-state index in [1.54, 1.807) is 19.1 Å². The summed E-state index contributed by atoms with van der Waals surface area (Å²) in [5, 5.41) is 6.99. The number of halogens is 2. The van der Waals surface area contributed by atoms with Crippen LogP contribution in [-0.2, 0) is 13.6 Å². The molecule has 0 spiro atoms. The summed E-state index contributed by atoms with van der Waals surface area (Å²) in [5.74, 6) is -0.239. The van der Waals surface area contributed by atoms with Crippen molar-refractivity contribution in [1.29, 1.82) is 0 Å². The van der Waals surface area contributed by atoms with Crippen LogP contribution in [0.4, 0.5) is 10.1 Å². The third-order valence-electron chi connectivity index (χ3n) is 2.78. The molecule has 2 rings (SSSR count). The molecule has 1 N–H and O–H groups in total. The highest BCUT2D eigenvalue weighted by Gasteiger charge is 2.07. The number of anilines is 1. The van der Waals surface area contributed by atoms with E-state index in [1.807, 2.05) is 0 Å². The van der Waals surface area contributed by atoms with Crippen molar-refractivity contribution in [3.8, 4) is 0 Å². The first-order valence-corrected chi connectivity index (χ1v) is 6.07. The van der Waals surface area contributed by atoms with E-state index >= 15 is 0 Å². The molecule has 0 radical (unpaired) electrons. The number of nitrogens with zero attached hydrogens (tertiary/aromatic N) is 2. The SMILES string of the molecule is Cc1cc(CNc2cnn(C)c(=O)c2Cl)ccc1F. The Kier molecular flexibility index (Phi) is 3.85. The summed E-state index contributed by atoms with van der Waals surface area (Å²) < 4.78 is 14.3. The van der Waals surface area contributed by atoms with Gasteiger partial charge < -0.3 is 5.32 Å². The summed E-state index contributed by atoms with van der Waals surface area (Å²) in [5.41, 5.74) is 1.58. The topological polar surface area (TPSA) is 46.9 Å². The van der Waals surface area contributed by atoms with E-state index in [4.69, 9.17) is 11.6 Å². The van der Waals surface area contributed by atoms with E-state index in [1.165, 1.54) is 19.3 Å². The fourth-order valence-electron chi connectivity index (χ4n) is 1.65. The largest absolute Gasteiger partial charge is 0.378 e. The third kappa shape index (κ3) is 2.93. The van der Waals surface area contributed by atoms with Gasteiger partial charge in [0.2, 0.25) is 0 Å². The highest BCUT2D eigenvalue weighted by Crippen LogP contribution is 2.17. The second-order valence-corrected chi connectivity index (χ2v) is 4.62. The molecule has 0 aliphatic heterocycles. The number of aryl methyl sites for hydroxylation is 2. The molecule has 19 heavy (non-hydrogen) atoms. The molecule has 0 unspecified atom stereocenters. The maximum atomic E-state index is 13.1. The molecule has 1 aromatic heterocycles. The predicted molar refractivity (Wildman–Crippen MR) is 73.0 cm³/mol. The molecule has 0 bridgehead atoms. The summed E-state index contributed by atoms with van der Waals surface area (Å²) in [7, 11) is 1.53. The minimum atomic E-state index is -0.359. The number of hydrogen-bond acceptors (Lipinski definition) is 3. The van der Waals surface area contributed by atoms with Crippen LogP contribution < -0.4 is 10.9 Å². The van der Waals surface area contributed by atoms with Crippen molar-refractivity contribution in [2.45, 2.75) is 13.5 Å². The minimum Gasteiger partial charge on any atom is -0.378 e. The van der Waals surface area contributed by atoms with Crippen molar-refractivity contribution >= 4 is 17.3 Å². The Morgan fingerprint density at radius 1 is 1.47 bits per heavy atom. The molecule has 0 saturated heterocycles. The van der Waals surface area contributed by atoms with E-state index in [9.17, 15) is 9.18 Å². The Labute approximate surface area is 114 Å². The van der Waals surface area contributed by atoms with Gasteiger partial charge in [0, 0.05) is 13.6 Å². The Bertz CT molecular complexity index is 669. The van der Waals surface area contributed by atoms with Gasteiger partial charge in [0.25, 0.3) is 5.56 Å². The van der Waals surface area contributed by atoms with Crippen molar-refractivity contribution in [3.05, 3.63) is 56.7 Å². The minimum absolute atomic E-state index is 0.0938. The van der Waals surface area contributed by atoms with Crippen LogP contribution in [-0.4, -0.2) is 9.78 Å². The van der Waals surface area contributed by atoms with Gasteiger partial charge in [0.1, 0.15) is 10.8 Å². The molecule has 4 nitrogen and oxygen atoms in total. The Morgan fingerprint density at radius 2 is 2.21 bits per heavy atom. The lowest BCUT2D eigenvalue weighted by molar-refractivity contribution is 0.617. The maximum Gasteiger partial charge on any atom is 0.287 e. The van der Waals surface area contributed by atoms with Crippen LogP contribution in [0.15, 0.2) is 29.2 Å². The average Bonchev–Trinajstić information content (AvgIpc) is 2.39. The van der Waals surface area contributed by atoms with Crippen LogP contribution in [0.2, 0.25) is 5.02 Å². The highest BCUT2D eigenvalue weighted by molar-refractivity contribution is 6.32. The van der Waals surface area contributed by atoms with E-state index in [0.29, 0.717) is 17.8 Å². The van der Waals surface area contributed by atoms with Crippen LogP contribution >= 0.6 is 11.6 Å². The number of rotatable bonds is 3. The summed E-state index contributed by atoms with van der Waals surface area (Å²) in [6, 6.07) is 4.83. The van der Waals surface area contributed by atoms with Crippen molar-refractivity contribution in [2.75, 3.05) is 5.32 Å². The van der Waals surface area contributed by atoms with Crippen molar-refractivity contribution < 1.29 is 4.39 Å². The summed E-state index contributed by atoms with van der Waals surface area (Å²) in [6.07, 6.45) is 1.49. The predicted octanol–water partition coefficient (Wildman–Crippen LogP) is 2.49. The number of benzene rings is 1. The number of aromatic nitrogens is 2. The zero-order valence-electron chi connectivity index (χ0n) is 10.6. The number of hydrogen-bond donors (Lipinski definition) is 1. The summed E-state index contributed by atoms with van der Waals surface area (Å²) in [4.78, 5) is 11.6. The monoisotopic (exact) mass is 281 g/mol. The lowest BCUT2D eigenvalue weighted by Crippen LogP contribution is -2.21. The van der Waals surface area contributed by atoms with Crippen LogP contribution in [0.5, 0.6) is 0 Å². The van der Waals surface area contributed by atoms with Crippen LogP contribution in [0, 0.1) is 12.7 Å². The van der Waals surface area contributed by atoms with Gasteiger partial charge in [-0.05, 0) is 24.1 Å². The van der Waals surface area contributed by atoms with Gasteiger partial charge in [0.05, 0.1) is 11.9 Å². The van der Waals surface area contributed by atoms with Gasteiger partial charge in [-0.2, -0.15) is 5.10 Å². The van der Waals surface area contributed by atoms with Crippen LogP contribution in [0.3, 0.4) is 0 Å². The smallest absolute Gasteiger partial charge is 0.287 e. The van der Waals surface area contributed by atoms with E-state index < -0.39 is 0 Å². The van der Waals surface area contributed by atoms with Gasteiger partial charge in [-0.25, -0.2) is 9.07 Å². The van der Waals surface area contributed by atoms with Crippen molar-refractivity contribution in [2.24, 2.45) is 7.05 Å². The Balaban J connectivity index is 2.17. The first kappa shape index (κ1) is 13.5. The van der Waals surface area contributed by atoms with Gasteiger partial charge in [-0.15, -0.1) is 0 Å². The molecule has 6 heteroatoms. The second-order valence-electron chi connectivity index (χ2n) is 4.24. The van der Waals surface area contributed by atoms with Gasteiger partial charge >= 0.3 is 0 Å². The van der Waals surface area contributed by atoms with Crippen molar-refractivity contribution in [3.63, 3.8) is 0 Å². The first-order chi connectivity index (χ1) is 8.99. The van der Waals surface area contributed by atoms with E-state index in [0.717, 1.165) is 10.2 Å². The zero-order chi connectivity index (χ0) is 14.0. The standard InChI is InChI=1S/C13H13ClFN3O/c1-8-5-9(3-4-10(8)15)6-16-11-7-17-18(2)13(19)12(11)14/h3-5,7,16H,6H2,1-2H3. The van der Waals surface area contributed by atoms with Crippen molar-refractivity contribution in [1.82, 2.24) is 9.78 Å². The average molecular weight is 282 g/mol. The Morgan fingerprint density at radius 3 is 2.89 bits per heavy atom. The normalized spacial score (nSPS) is 10.5. The second kappa shape index (κ2) is 5.40. The fourth-order valence-corrected chi connectivity index (χ4v) is 1.89. The molecule has 0 aliphatic carbocycles. The van der Waals surface area contributed by atoms with E-state index in [-0.39, 0.29) is 16.4 Å². The molecule has 2 aromatic rings. The maximum absolute atomic E-state index is 13.1. The molecule has 1 heterocycles. The molecule has 0 fully saturated rings. The lowest BCUT2D eigenvalue weighted by Gasteiger charge is -2.09. The fraction of sp³-hybridized carbons (Fsp3) is 0.231. The molecule has 0 amide bonds. The van der Waals surface area contributed by atoms with Gasteiger partial charge in [-0.3, -0.25) is 4.79 Å². The van der Waals surface area contributed by atoms with Crippen LogP contribution in [0.25, 0.3) is 0 Å². The lowest BCUT2D eigenvalue weighted by atomic mass is 10.1. The summed E-state index contributed by atoms with van der Waals surface area (Å²) in [6.45, 7) is 2.14. The van der Waals surface area contributed by atoms with Gasteiger partial charge in [0.15, 0.2) is 0 Å². The number of nitrogens with one attached hydrogen (secondary N) is 1. The molecular weight excluding hydrogens is 269 g/mol. The molecule has 100 valence electrons. The quantitative estimate of drug-likeness (QED) is 0.940. The molecule has 0 aliphatic rings. The molecule has 1 aromatic carbocycles. The third-order valence-corrected chi connectivity index (χ3v) is 3.15. The van der Waals surface area contributed by atoms with Crippen LogP contribution in [0.1, 0.15) is 11.1 Å². The summed E-state index contributed by atoms with van der Waals surface area (Å²) >= 11 is 5.93. The molecule has 0 saturated carbocycles. The highest BCUT2D eigenvalue weighted by atomic mass is 35.5. The Hall–Kier alpha value is -1.88.